The molecular weight excluding hydrogens is 332 g/mol. The minimum absolute atomic E-state index is 0.209. The van der Waals surface area contributed by atoms with Crippen molar-refractivity contribution < 1.29 is 24.2 Å². The maximum Gasteiger partial charge on any atom is 0.363 e. The summed E-state index contributed by atoms with van der Waals surface area (Å²) in [7, 11) is 0. The quantitative estimate of drug-likeness (QED) is 0.263. The van der Waals surface area contributed by atoms with E-state index in [-0.39, 0.29) is 12.5 Å². The van der Waals surface area contributed by atoms with Gasteiger partial charge in [0.25, 0.3) is 6.29 Å². The van der Waals surface area contributed by atoms with Crippen molar-refractivity contribution in [3.63, 3.8) is 0 Å². The van der Waals surface area contributed by atoms with Crippen molar-refractivity contribution in [1.29, 1.82) is 0 Å². The number of Topliss-reactive ketones (excluding diaryl/α,β-unsaturated/α-hetero) is 1. The van der Waals surface area contributed by atoms with Gasteiger partial charge in [0.1, 0.15) is 5.78 Å². The molecule has 1 saturated carbocycles. The van der Waals surface area contributed by atoms with Gasteiger partial charge >= 0.3 is 5.97 Å². The Kier molecular flexibility index (Phi) is 12.6. The van der Waals surface area contributed by atoms with Crippen molar-refractivity contribution in [3.05, 3.63) is 0 Å². The highest BCUT2D eigenvalue weighted by atomic mass is 16.6. The van der Waals surface area contributed by atoms with E-state index >= 15 is 0 Å². The first-order chi connectivity index (χ1) is 12.6. The average Bonchev–Trinajstić information content (AvgIpc) is 2.97. The van der Waals surface area contributed by atoms with Crippen molar-refractivity contribution in [2.75, 3.05) is 13.2 Å². The standard InChI is InChI=1S/C21H38O5/c1-3-5-6-7-8-9-12-17-14-15-19(22)18(17)13-10-11-16-26-21(24)20(23)25-4-2/h17-18,21,24H,3-16H2,1-2H3/t17-,18+,21?/m0/s1. The third kappa shape index (κ3) is 9.13. The summed E-state index contributed by atoms with van der Waals surface area (Å²) in [4.78, 5) is 23.4. The van der Waals surface area contributed by atoms with Crippen molar-refractivity contribution >= 4 is 11.8 Å². The molecule has 0 aromatic rings. The molecule has 3 atom stereocenters. The fraction of sp³-hybridized carbons (Fsp3) is 0.905. The Balaban J connectivity index is 2.14. The first-order valence-corrected chi connectivity index (χ1v) is 10.6. The second-order valence-corrected chi connectivity index (χ2v) is 7.40. The maximum absolute atomic E-state index is 12.2. The minimum Gasteiger partial charge on any atom is -0.462 e. The summed E-state index contributed by atoms with van der Waals surface area (Å²) in [5, 5.41) is 9.47. The Labute approximate surface area is 158 Å². The lowest BCUT2D eigenvalue weighted by molar-refractivity contribution is -0.182. The van der Waals surface area contributed by atoms with Crippen LogP contribution in [0.3, 0.4) is 0 Å². The molecule has 1 aliphatic rings. The SMILES string of the molecule is CCCCCCCC[C@H]1CCC(=O)[C@@H]1CCCCOC(O)C(=O)OCC. The van der Waals surface area contributed by atoms with Gasteiger partial charge in [0.05, 0.1) is 13.2 Å². The van der Waals surface area contributed by atoms with Gasteiger partial charge in [-0.3, -0.25) is 4.79 Å². The summed E-state index contributed by atoms with van der Waals surface area (Å²) in [5.41, 5.74) is 0. The molecule has 0 aromatic heterocycles. The molecule has 0 aliphatic heterocycles. The lowest BCUT2D eigenvalue weighted by atomic mass is 9.86. The number of carbonyl (C=O) groups excluding carboxylic acids is 2. The van der Waals surface area contributed by atoms with Crippen LogP contribution in [0.15, 0.2) is 0 Å². The molecule has 0 radical (unpaired) electrons. The molecule has 0 aromatic carbocycles. The molecule has 1 aliphatic carbocycles. The molecule has 5 nitrogen and oxygen atoms in total. The van der Waals surface area contributed by atoms with Gasteiger partial charge in [0.15, 0.2) is 0 Å². The first kappa shape index (κ1) is 23.1. The molecule has 26 heavy (non-hydrogen) atoms. The van der Waals surface area contributed by atoms with E-state index in [9.17, 15) is 14.7 Å². The predicted octanol–water partition coefficient (Wildman–Crippen LogP) is 4.40. The van der Waals surface area contributed by atoms with Crippen molar-refractivity contribution in [2.24, 2.45) is 11.8 Å². The Morgan fingerprint density at radius 1 is 1.08 bits per heavy atom. The van der Waals surface area contributed by atoms with Gasteiger partial charge in [-0.1, -0.05) is 51.9 Å². The number of hydrogen-bond acceptors (Lipinski definition) is 5. The maximum atomic E-state index is 12.2. The number of rotatable bonds is 15. The first-order valence-electron chi connectivity index (χ1n) is 10.6. The zero-order valence-electron chi connectivity index (χ0n) is 16.7. The molecule has 1 rings (SSSR count). The molecule has 0 bridgehead atoms. The van der Waals surface area contributed by atoms with Crippen LogP contribution in [0.1, 0.15) is 90.9 Å². The topological polar surface area (TPSA) is 72.8 Å². The molecule has 5 heteroatoms. The van der Waals surface area contributed by atoms with Crippen LogP contribution in [0.4, 0.5) is 0 Å². The monoisotopic (exact) mass is 370 g/mol. The van der Waals surface area contributed by atoms with Gasteiger partial charge in [-0.05, 0) is 38.5 Å². The summed E-state index contributed by atoms with van der Waals surface area (Å²) < 4.78 is 9.76. The molecular formula is C21H38O5. The Morgan fingerprint density at radius 3 is 2.50 bits per heavy atom. The highest BCUT2D eigenvalue weighted by Crippen LogP contribution is 2.36. The van der Waals surface area contributed by atoms with E-state index in [1.165, 1.54) is 44.9 Å². The van der Waals surface area contributed by atoms with Crippen LogP contribution in [0.2, 0.25) is 0 Å². The van der Waals surface area contributed by atoms with E-state index in [0.29, 0.717) is 18.3 Å². The second kappa shape index (κ2) is 14.2. The van der Waals surface area contributed by atoms with Crippen LogP contribution >= 0.6 is 0 Å². The number of aliphatic hydroxyl groups excluding tert-OH is 1. The molecule has 1 N–H and O–H groups in total. The van der Waals surface area contributed by atoms with Crippen LogP contribution in [-0.4, -0.2) is 36.4 Å². The lowest BCUT2D eigenvalue weighted by Crippen LogP contribution is -2.26. The second-order valence-electron chi connectivity index (χ2n) is 7.40. The third-order valence-corrected chi connectivity index (χ3v) is 5.35. The molecule has 0 amide bonds. The van der Waals surface area contributed by atoms with Crippen LogP contribution in [0.25, 0.3) is 0 Å². The third-order valence-electron chi connectivity index (χ3n) is 5.35. The van der Waals surface area contributed by atoms with Gasteiger partial charge in [-0.15, -0.1) is 0 Å². The number of hydrogen-bond donors (Lipinski definition) is 1. The number of aliphatic hydroxyl groups is 1. The summed E-state index contributed by atoms with van der Waals surface area (Å²) in [5.74, 6) is 0.450. The Morgan fingerprint density at radius 2 is 1.77 bits per heavy atom. The van der Waals surface area contributed by atoms with E-state index in [2.05, 4.69) is 11.7 Å². The highest BCUT2D eigenvalue weighted by Gasteiger charge is 2.33. The minimum atomic E-state index is -1.50. The van der Waals surface area contributed by atoms with E-state index in [0.717, 1.165) is 32.1 Å². The fourth-order valence-electron chi connectivity index (χ4n) is 3.85. The summed E-state index contributed by atoms with van der Waals surface area (Å²) in [6, 6.07) is 0. The molecule has 0 heterocycles. The van der Waals surface area contributed by atoms with Crippen LogP contribution < -0.4 is 0 Å². The van der Waals surface area contributed by atoms with Crippen LogP contribution in [0.5, 0.6) is 0 Å². The van der Waals surface area contributed by atoms with Crippen LogP contribution in [-0.2, 0) is 19.1 Å². The van der Waals surface area contributed by atoms with Crippen molar-refractivity contribution in [2.45, 2.75) is 97.2 Å². The van der Waals surface area contributed by atoms with Gasteiger partial charge in [0, 0.05) is 12.3 Å². The largest absolute Gasteiger partial charge is 0.462 e. The van der Waals surface area contributed by atoms with Gasteiger partial charge < -0.3 is 14.6 Å². The van der Waals surface area contributed by atoms with Gasteiger partial charge in [-0.25, -0.2) is 4.79 Å². The zero-order chi connectivity index (χ0) is 19.2. The number of unbranched alkanes of at least 4 members (excludes halogenated alkanes) is 6. The Bertz CT molecular complexity index is 396. The molecule has 1 unspecified atom stereocenters. The molecule has 1 fully saturated rings. The van der Waals surface area contributed by atoms with Crippen molar-refractivity contribution in [3.8, 4) is 0 Å². The molecule has 0 saturated heterocycles. The predicted molar refractivity (Wildman–Crippen MR) is 102 cm³/mol. The number of ether oxygens (including phenoxy) is 2. The summed E-state index contributed by atoms with van der Waals surface area (Å²) in [6.07, 6.45) is 11.8. The fourth-order valence-corrected chi connectivity index (χ4v) is 3.85. The number of ketones is 1. The average molecular weight is 371 g/mol. The summed E-state index contributed by atoms with van der Waals surface area (Å²) in [6.45, 7) is 4.45. The smallest absolute Gasteiger partial charge is 0.363 e. The van der Waals surface area contributed by atoms with Gasteiger partial charge in [0.2, 0.25) is 0 Å². The van der Waals surface area contributed by atoms with Crippen molar-refractivity contribution in [1.82, 2.24) is 0 Å². The van der Waals surface area contributed by atoms with Gasteiger partial charge in [-0.2, -0.15) is 0 Å². The lowest BCUT2D eigenvalue weighted by Gasteiger charge is -2.18. The zero-order valence-corrected chi connectivity index (χ0v) is 16.7. The van der Waals surface area contributed by atoms with Crippen LogP contribution in [0, 0.1) is 11.8 Å². The number of esters is 1. The van der Waals surface area contributed by atoms with E-state index in [4.69, 9.17) is 4.74 Å². The molecule has 152 valence electrons. The molecule has 0 spiro atoms. The number of carbonyl (C=O) groups is 2. The normalized spacial score (nSPS) is 21.1. The van der Waals surface area contributed by atoms with E-state index in [1.807, 2.05) is 0 Å². The van der Waals surface area contributed by atoms with E-state index < -0.39 is 12.3 Å². The Hall–Kier alpha value is -0.940. The van der Waals surface area contributed by atoms with E-state index in [1.54, 1.807) is 6.92 Å². The highest BCUT2D eigenvalue weighted by molar-refractivity contribution is 5.83. The summed E-state index contributed by atoms with van der Waals surface area (Å²) >= 11 is 0.